The van der Waals surface area contributed by atoms with Crippen LogP contribution in [-0.4, -0.2) is 37.3 Å². The first-order valence-corrected chi connectivity index (χ1v) is 5.45. The first-order valence-electron chi connectivity index (χ1n) is 5.45. The molecular formula is C11H16N2O3. The van der Waals surface area contributed by atoms with E-state index in [1.165, 1.54) is 6.07 Å². The van der Waals surface area contributed by atoms with Gasteiger partial charge in [-0.25, -0.2) is 4.79 Å². The summed E-state index contributed by atoms with van der Waals surface area (Å²) >= 11 is 0. The predicted molar refractivity (Wildman–Crippen MR) is 60.0 cm³/mol. The molecule has 0 spiro atoms. The molecule has 2 N–H and O–H groups in total. The minimum absolute atomic E-state index is 0.00390. The third-order valence-electron chi connectivity index (χ3n) is 3.01. The van der Waals surface area contributed by atoms with Crippen LogP contribution in [-0.2, 0) is 0 Å². The fraction of sp³-hybridized carbons (Fsp3) is 0.545. The number of nitrogens with one attached hydrogen (secondary N) is 1. The molecule has 1 aliphatic heterocycles. The average Bonchev–Trinajstić information content (AvgIpc) is 2.78. The number of hydrogen-bond acceptors (Lipinski definition) is 4. The Morgan fingerprint density at radius 2 is 2.19 bits per heavy atom. The number of piperidine rings is 1. The third kappa shape index (κ3) is 2.19. The Labute approximate surface area is 94.0 Å². The molecule has 0 saturated carbocycles. The van der Waals surface area contributed by atoms with Crippen LogP contribution in [0.3, 0.4) is 0 Å². The second-order valence-electron chi connectivity index (χ2n) is 4.04. The van der Waals surface area contributed by atoms with Crippen LogP contribution < -0.4 is 10.2 Å². The predicted octanol–water partition coefficient (Wildman–Crippen LogP) is 1.17. The molecule has 2 heterocycles. The van der Waals surface area contributed by atoms with Crippen LogP contribution in [0.15, 0.2) is 16.5 Å². The summed E-state index contributed by atoms with van der Waals surface area (Å²) in [6.45, 7) is 2.00. The first-order chi connectivity index (χ1) is 7.68. The van der Waals surface area contributed by atoms with Gasteiger partial charge in [0.2, 0.25) is 5.76 Å². The molecule has 1 fully saturated rings. The van der Waals surface area contributed by atoms with Crippen LogP contribution in [0, 0.1) is 0 Å². The number of nitrogens with zero attached hydrogens (tertiary/aromatic N) is 1. The molecule has 0 bridgehead atoms. The molecule has 1 saturated heterocycles. The average molecular weight is 224 g/mol. The van der Waals surface area contributed by atoms with Crippen molar-refractivity contribution in [1.82, 2.24) is 5.32 Å². The van der Waals surface area contributed by atoms with Gasteiger partial charge in [-0.1, -0.05) is 0 Å². The highest BCUT2D eigenvalue weighted by Gasteiger charge is 2.21. The zero-order valence-corrected chi connectivity index (χ0v) is 9.27. The summed E-state index contributed by atoms with van der Waals surface area (Å²) in [6.07, 6.45) is 2.11. The van der Waals surface area contributed by atoms with Crippen LogP contribution in [0.1, 0.15) is 23.4 Å². The Hall–Kier alpha value is -1.49. The summed E-state index contributed by atoms with van der Waals surface area (Å²) in [6, 6.07) is 3.63. The molecule has 2 rings (SSSR count). The molecule has 1 aliphatic rings. The van der Waals surface area contributed by atoms with E-state index < -0.39 is 5.97 Å². The van der Waals surface area contributed by atoms with E-state index in [4.69, 9.17) is 9.52 Å². The van der Waals surface area contributed by atoms with Crippen LogP contribution in [0.4, 0.5) is 5.88 Å². The number of carboxylic acid groups (broad SMARTS) is 1. The van der Waals surface area contributed by atoms with Gasteiger partial charge < -0.3 is 19.7 Å². The van der Waals surface area contributed by atoms with Crippen LogP contribution in [0.5, 0.6) is 0 Å². The van der Waals surface area contributed by atoms with Gasteiger partial charge in [0.25, 0.3) is 0 Å². The molecule has 1 aromatic rings. The summed E-state index contributed by atoms with van der Waals surface area (Å²) in [7, 11) is 1.94. The van der Waals surface area contributed by atoms with Crippen molar-refractivity contribution in [2.75, 3.05) is 25.0 Å². The van der Waals surface area contributed by atoms with Crippen molar-refractivity contribution in [2.45, 2.75) is 18.9 Å². The smallest absolute Gasteiger partial charge is 0.371 e. The third-order valence-corrected chi connectivity index (χ3v) is 3.01. The van der Waals surface area contributed by atoms with Crippen molar-refractivity contribution in [3.63, 3.8) is 0 Å². The fourth-order valence-electron chi connectivity index (χ4n) is 2.01. The van der Waals surface area contributed by atoms with Gasteiger partial charge in [-0.3, -0.25) is 0 Å². The van der Waals surface area contributed by atoms with E-state index in [-0.39, 0.29) is 5.76 Å². The highest BCUT2D eigenvalue weighted by atomic mass is 16.4. The van der Waals surface area contributed by atoms with Gasteiger partial charge >= 0.3 is 5.97 Å². The zero-order chi connectivity index (χ0) is 11.5. The number of furan rings is 1. The molecule has 16 heavy (non-hydrogen) atoms. The van der Waals surface area contributed by atoms with E-state index in [0.29, 0.717) is 11.9 Å². The largest absolute Gasteiger partial charge is 0.475 e. The number of anilines is 1. The summed E-state index contributed by atoms with van der Waals surface area (Å²) in [5.74, 6) is -0.398. The van der Waals surface area contributed by atoms with E-state index in [2.05, 4.69) is 5.32 Å². The van der Waals surface area contributed by atoms with Crippen LogP contribution in [0.2, 0.25) is 0 Å². The van der Waals surface area contributed by atoms with Crippen molar-refractivity contribution in [3.8, 4) is 0 Å². The van der Waals surface area contributed by atoms with Gasteiger partial charge in [0.05, 0.1) is 0 Å². The zero-order valence-electron chi connectivity index (χ0n) is 9.27. The first kappa shape index (κ1) is 11.0. The fourth-order valence-corrected chi connectivity index (χ4v) is 2.01. The van der Waals surface area contributed by atoms with Crippen molar-refractivity contribution >= 4 is 11.9 Å². The van der Waals surface area contributed by atoms with Crippen LogP contribution in [0.25, 0.3) is 0 Å². The highest BCUT2D eigenvalue weighted by Crippen LogP contribution is 2.22. The van der Waals surface area contributed by atoms with Crippen molar-refractivity contribution < 1.29 is 14.3 Å². The molecule has 88 valence electrons. The normalized spacial score (nSPS) is 17.3. The lowest BCUT2D eigenvalue weighted by atomic mass is 10.1. The molecule has 0 aliphatic carbocycles. The highest BCUT2D eigenvalue weighted by molar-refractivity contribution is 5.84. The van der Waals surface area contributed by atoms with Gasteiger partial charge in [-0.15, -0.1) is 0 Å². The van der Waals surface area contributed by atoms with Gasteiger partial charge in [0.1, 0.15) is 0 Å². The molecule has 5 heteroatoms. The molecule has 1 aromatic heterocycles. The summed E-state index contributed by atoms with van der Waals surface area (Å²) < 4.78 is 5.27. The van der Waals surface area contributed by atoms with E-state index in [1.54, 1.807) is 6.07 Å². The molecule has 5 nitrogen and oxygen atoms in total. The molecular weight excluding hydrogens is 208 g/mol. The Bertz CT molecular complexity index is 369. The Morgan fingerprint density at radius 1 is 1.50 bits per heavy atom. The summed E-state index contributed by atoms with van der Waals surface area (Å²) in [4.78, 5) is 12.7. The number of rotatable bonds is 3. The van der Waals surface area contributed by atoms with Crippen LogP contribution >= 0.6 is 0 Å². The molecule has 0 radical (unpaired) electrons. The molecule has 0 unspecified atom stereocenters. The standard InChI is InChI=1S/C11H16N2O3/c1-13(8-4-6-12-7-5-8)10-3-2-9(16-10)11(14)15/h2-3,8,12H,4-7H2,1H3,(H,14,15). The van der Waals surface area contributed by atoms with Crippen molar-refractivity contribution in [2.24, 2.45) is 0 Å². The second-order valence-corrected chi connectivity index (χ2v) is 4.04. The van der Waals surface area contributed by atoms with Gasteiger partial charge in [0.15, 0.2) is 5.88 Å². The van der Waals surface area contributed by atoms with Crippen molar-refractivity contribution in [3.05, 3.63) is 17.9 Å². The Morgan fingerprint density at radius 3 is 2.75 bits per heavy atom. The maximum atomic E-state index is 10.7. The maximum absolute atomic E-state index is 10.7. The quantitative estimate of drug-likeness (QED) is 0.806. The lowest BCUT2D eigenvalue weighted by molar-refractivity contribution is 0.0663. The van der Waals surface area contributed by atoms with Gasteiger partial charge in [0, 0.05) is 19.2 Å². The topological polar surface area (TPSA) is 65.7 Å². The Kier molecular flexibility index (Phi) is 3.14. The minimum Gasteiger partial charge on any atom is -0.475 e. The van der Waals surface area contributed by atoms with E-state index >= 15 is 0 Å². The van der Waals surface area contributed by atoms with E-state index in [1.807, 2.05) is 11.9 Å². The number of aromatic carboxylic acids is 1. The lowest BCUT2D eigenvalue weighted by Gasteiger charge is -2.31. The van der Waals surface area contributed by atoms with Crippen molar-refractivity contribution in [1.29, 1.82) is 0 Å². The number of hydrogen-bond donors (Lipinski definition) is 2. The summed E-state index contributed by atoms with van der Waals surface area (Å²) in [5.41, 5.74) is 0. The number of carbonyl (C=O) groups is 1. The Balaban J connectivity index is 2.07. The maximum Gasteiger partial charge on any atom is 0.371 e. The van der Waals surface area contributed by atoms with Gasteiger partial charge in [-0.2, -0.15) is 0 Å². The molecule has 0 aromatic carbocycles. The number of carboxylic acids is 1. The molecule has 0 amide bonds. The summed E-state index contributed by atoms with van der Waals surface area (Å²) in [5, 5.41) is 12.1. The monoisotopic (exact) mass is 224 g/mol. The van der Waals surface area contributed by atoms with E-state index in [0.717, 1.165) is 25.9 Å². The minimum atomic E-state index is -1.02. The molecule has 0 atom stereocenters. The lowest BCUT2D eigenvalue weighted by Crippen LogP contribution is -2.41. The van der Waals surface area contributed by atoms with E-state index in [9.17, 15) is 4.79 Å². The van der Waals surface area contributed by atoms with Gasteiger partial charge in [-0.05, 0) is 32.0 Å². The SMILES string of the molecule is CN(c1ccc(C(=O)O)o1)C1CCNCC1. The second kappa shape index (κ2) is 4.57.